The zero-order chi connectivity index (χ0) is 14.5. The molecule has 0 saturated carbocycles. The first-order chi connectivity index (χ1) is 9.60. The molecule has 0 aliphatic carbocycles. The van der Waals surface area contributed by atoms with Gasteiger partial charge in [-0.3, -0.25) is 9.48 Å². The summed E-state index contributed by atoms with van der Waals surface area (Å²) in [6, 6.07) is -0.377. The van der Waals surface area contributed by atoms with Crippen LogP contribution in [-0.2, 0) is 18.4 Å². The largest absolute Gasteiger partial charge is 0.350 e. The lowest BCUT2D eigenvalue weighted by Gasteiger charge is -2.19. The van der Waals surface area contributed by atoms with E-state index in [9.17, 15) is 4.79 Å². The van der Waals surface area contributed by atoms with E-state index >= 15 is 0 Å². The van der Waals surface area contributed by atoms with Gasteiger partial charge in [-0.2, -0.15) is 5.10 Å². The maximum absolute atomic E-state index is 12.3. The van der Waals surface area contributed by atoms with Gasteiger partial charge in [0.2, 0.25) is 5.91 Å². The van der Waals surface area contributed by atoms with E-state index in [4.69, 9.17) is 0 Å². The molecule has 7 nitrogen and oxygen atoms in total. The predicted molar refractivity (Wildman–Crippen MR) is 89.3 cm³/mol. The van der Waals surface area contributed by atoms with Crippen LogP contribution in [0.3, 0.4) is 0 Å². The van der Waals surface area contributed by atoms with Crippen molar-refractivity contribution in [2.45, 2.75) is 25.6 Å². The SMILES string of the molecule is CNC(C(=O)NC(C)Cn1ccnc1)c1cnn(C)c1.Cl.Cl. The van der Waals surface area contributed by atoms with Crippen LogP contribution in [0.2, 0.25) is 0 Å². The Balaban J connectivity index is 0.00000220. The maximum Gasteiger partial charge on any atom is 0.242 e. The highest BCUT2D eigenvalue weighted by Crippen LogP contribution is 2.11. The second-order valence-electron chi connectivity index (χ2n) is 4.84. The lowest BCUT2D eigenvalue weighted by atomic mass is 10.1. The Morgan fingerprint density at radius 1 is 1.41 bits per heavy atom. The van der Waals surface area contributed by atoms with Gasteiger partial charge in [-0.1, -0.05) is 0 Å². The van der Waals surface area contributed by atoms with Crippen LogP contribution in [0, 0.1) is 0 Å². The van der Waals surface area contributed by atoms with Gasteiger partial charge >= 0.3 is 0 Å². The van der Waals surface area contributed by atoms with E-state index in [1.165, 1.54) is 0 Å². The van der Waals surface area contributed by atoms with Crippen LogP contribution in [0.25, 0.3) is 0 Å². The third-order valence-electron chi connectivity index (χ3n) is 3.04. The molecule has 0 fully saturated rings. The number of aryl methyl sites for hydroxylation is 1. The van der Waals surface area contributed by atoms with Crippen LogP contribution in [0.15, 0.2) is 31.1 Å². The van der Waals surface area contributed by atoms with E-state index in [1.807, 2.05) is 30.9 Å². The molecule has 0 aliphatic rings. The first-order valence-electron chi connectivity index (χ1n) is 6.52. The van der Waals surface area contributed by atoms with Gasteiger partial charge in [-0.15, -0.1) is 24.8 Å². The van der Waals surface area contributed by atoms with Gasteiger partial charge in [0, 0.05) is 43.8 Å². The van der Waals surface area contributed by atoms with Crippen molar-refractivity contribution in [3.8, 4) is 0 Å². The molecule has 0 aromatic carbocycles. The van der Waals surface area contributed by atoms with Crippen molar-refractivity contribution in [1.82, 2.24) is 30.0 Å². The third kappa shape index (κ3) is 5.32. The van der Waals surface area contributed by atoms with Gasteiger partial charge in [0.25, 0.3) is 0 Å². The van der Waals surface area contributed by atoms with E-state index in [2.05, 4.69) is 20.7 Å². The number of carbonyl (C=O) groups is 1. The Labute approximate surface area is 142 Å². The van der Waals surface area contributed by atoms with Crippen LogP contribution in [0.5, 0.6) is 0 Å². The highest BCUT2D eigenvalue weighted by molar-refractivity contribution is 5.85. The van der Waals surface area contributed by atoms with E-state index in [0.717, 1.165) is 5.56 Å². The minimum absolute atomic E-state index is 0. The number of likely N-dealkylation sites (N-methyl/N-ethyl adjacent to an activating group) is 1. The summed E-state index contributed by atoms with van der Waals surface area (Å²) in [4.78, 5) is 16.3. The number of amides is 1. The predicted octanol–water partition coefficient (Wildman–Crippen LogP) is 0.926. The number of halogens is 2. The Hall–Kier alpha value is -1.57. The van der Waals surface area contributed by atoms with E-state index in [1.54, 1.807) is 30.5 Å². The molecule has 2 aromatic rings. The molecular weight excluding hydrogens is 327 g/mol. The molecule has 1 amide bonds. The molecule has 2 heterocycles. The molecule has 0 radical (unpaired) electrons. The molecule has 0 aliphatic heterocycles. The number of rotatable bonds is 6. The number of imidazole rings is 1. The summed E-state index contributed by atoms with van der Waals surface area (Å²) in [5.74, 6) is -0.0619. The standard InChI is InChI=1S/C13H20N6O.2ClH/c1-10(7-19-5-4-15-9-19)17-13(20)12(14-2)11-6-16-18(3)8-11;;/h4-6,8-10,12,14H,7H2,1-3H3,(H,17,20);2*1H. The first kappa shape index (κ1) is 20.4. The average molecular weight is 349 g/mol. The summed E-state index contributed by atoms with van der Waals surface area (Å²) >= 11 is 0. The average Bonchev–Trinajstić information content (AvgIpc) is 3.02. The van der Waals surface area contributed by atoms with Gasteiger partial charge in [-0.05, 0) is 14.0 Å². The molecule has 124 valence electrons. The summed E-state index contributed by atoms with van der Waals surface area (Å²) in [7, 11) is 3.59. The molecule has 2 atom stereocenters. The van der Waals surface area contributed by atoms with Crippen LogP contribution in [-0.4, -0.2) is 38.3 Å². The number of carbonyl (C=O) groups excluding carboxylic acids is 1. The Kier molecular flexibility index (Phi) is 8.77. The highest BCUT2D eigenvalue weighted by atomic mass is 35.5. The quantitative estimate of drug-likeness (QED) is 0.813. The molecule has 0 saturated heterocycles. The monoisotopic (exact) mass is 348 g/mol. The smallest absolute Gasteiger partial charge is 0.242 e. The first-order valence-corrected chi connectivity index (χ1v) is 6.52. The van der Waals surface area contributed by atoms with Crippen LogP contribution in [0.4, 0.5) is 0 Å². The summed E-state index contributed by atoms with van der Waals surface area (Å²) in [5, 5.41) is 10.1. The number of hydrogen-bond acceptors (Lipinski definition) is 4. The molecule has 2 unspecified atom stereocenters. The molecule has 0 bridgehead atoms. The van der Waals surface area contributed by atoms with Gasteiger partial charge in [0.05, 0.1) is 12.5 Å². The van der Waals surface area contributed by atoms with Crippen molar-refractivity contribution >= 4 is 30.7 Å². The minimum atomic E-state index is -0.395. The second kappa shape index (κ2) is 9.45. The number of hydrogen-bond donors (Lipinski definition) is 2. The number of nitrogens with one attached hydrogen (secondary N) is 2. The number of aromatic nitrogens is 4. The lowest BCUT2D eigenvalue weighted by Crippen LogP contribution is -2.42. The summed E-state index contributed by atoms with van der Waals surface area (Å²) in [5.41, 5.74) is 0.849. The van der Waals surface area contributed by atoms with Crippen LogP contribution in [0.1, 0.15) is 18.5 Å². The zero-order valence-corrected chi connectivity index (χ0v) is 14.4. The van der Waals surface area contributed by atoms with Crippen LogP contribution >= 0.6 is 24.8 Å². The Bertz CT molecular complexity index is 557. The third-order valence-corrected chi connectivity index (χ3v) is 3.04. The van der Waals surface area contributed by atoms with Crippen molar-refractivity contribution in [3.05, 3.63) is 36.7 Å². The molecule has 9 heteroatoms. The van der Waals surface area contributed by atoms with Gasteiger partial charge in [0.1, 0.15) is 6.04 Å². The van der Waals surface area contributed by atoms with Crippen molar-refractivity contribution in [3.63, 3.8) is 0 Å². The van der Waals surface area contributed by atoms with E-state index in [-0.39, 0.29) is 36.8 Å². The fraction of sp³-hybridized carbons (Fsp3) is 0.462. The maximum atomic E-state index is 12.3. The molecule has 0 spiro atoms. The summed E-state index contributed by atoms with van der Waals surface area (Å²) in [6.07, 6.45) is 8.86. The molecule has 22 heavy (non-hydrogen) atoms. The van der Waals surface area contributed by atoms with Crippen LogP contribution < -0.4 is 10.6 Å². The Morgan fingerprint density at radius 3 is 2.64 bits per heavy atom. The fourth-order valence-corrected chi connectivity index (χ4v) is 2.12. The van der Waals surface area contributed by atoms with Gasteiger partial charge in [-0.25, -0.2) is 4.98 Å². The van der Waals surface area contributed by atoms with Crippen molar-refractivity contribution in [1.29, 1.82) is 0 Å². The number of nitrogens with zero attached hydrogens (tertiary/aromatic N) is 4. The second-order valence-corrected chi connectivity index (χ2v) is 4.84. The molecule has 2 N–H and O–H groups in total. The van der Waals surface area contributed by atoms with Crippen molar-refractivity contribution < 1.29 is 4.79 Å². The Morgan fingerprint density at radius 2 is 2.14 bits per heavy atom. The normalized spacial score (nSPS) is 12.7. The topological polar surface area (TPSA) is 76.8 Å². The van der Waals surface area contributed by atoms with E-state index in [0.29, 0.717) is 6.54 Å². The lowest BCUT2D eigenvalue weighted by molar-refractivity contribution is -0.123. The summed E-state index contributed by atoms with van der Waals surface area (Å²) < 4.78 is 3.62. The van der Waals surface area contributed by atoms with Crippen molar-refractivity contribution in [2.75, 3.05) is 7.05 Å². The zero-order valence-electron chi connectivity index (χ0n) is 12.8. The van der Waals surface area contributed by atoms with Crippen molar-refractivity contribution in [2.24, 2.45) is 7.05 Å². The van der Waals surface area contributed by atoms with Gasteiger partial charge < -0.3 is 15.2 Å². The molecule has 2 rings (SSSR count). The molecular formula is C13H22Cl2N6O. The molecule has 2 aromatic heterocycles. The highest BCUT2D eigenvalue weighted by Gasteiger charge is 2.21. The summed E-state index contributed by atoms with van der Waals surface area (Å²) in [6.45, 7) is 2.66. The minimum Gasteiger partial charge on any atom is -0.350 e. The van der Waals surface area contributed by atoms with E-state index < -0.39 is 6.04 Å². The van der Waals surface area contributed by atoms with Gasteiger partial charge in [0.15, 0.2) is 0 Å². The fourth-order valence-electron chi connectivity index (χ4n) is 2.12.